The Morgan fingerprint density at radius 2 is 2.31 bits per heavy atom. The zero-order chi connectivity index (χ0) is 11.2. The van der Waals surface area contributed by atoms with Gasteiger partial charge < -0.3 is 4.90 Å². The van der Waals surface area contributed by atoms with Crippen LogP contribution >= 0.6 is 11.8 Å². The fourth-order valence-corrected chi connectivity index (χ4v) is 4.19. The number of carbonyl (C=O) groups excluding carboxylic acids is 1. The Morgan fingerprint density at radius 3 is 2.88 bits per heavy atom. The van der Waals surface area contributed by atoms with Crippen molar-refractivity contribution >= 4 is 17.7 Å². The number of nitrogens with one attached hydrogen (secondary N) is 1. The van der Waals surface area contributed by atoms with Gasteiger partial charge in [0.15, 0.2) is 0 Å². The summed E-state index contributed by atoms with van der Waals surface area (Å²) in [6.07, 6.45) is 6.32. The number of thioether (sulfide) groups is 1. The van der Waals surface area contributed by atoms with Crippen molar-refractivity contribution in [2.24, 2.45) is 0 Å². The smallest absolute Gasteiger partial charge is 0.244 e. The largest absolute Gasteiger partial charge is 0.325 e. The Labute approximate surface area is 101 Å². The molecular formula is C12H20N2OS. The van der Waals surface area contributed by atoms with Crippen molar-refractivity contribution in [2.75, 3.05) is 12.3 Å². The van der Waals surface area contributed by atoms with Crippen LogP contribution in [0.4, 0.5) is 0 Å². The number of hydrogen-bond donors (Lipinski definition) is 1. The molecule has 3 rings (SSSR count). The van der Waals surface area contributed by atoms with Gasteiger partial charge in [-0.05, 0) is 38.4 Å². The van der Waals surface area contributed by atoms with Gasteiger partial charge in [0.2, 0.25) is 5.91 Å². The van der Waals surface area contributed by atoms with Gasteiger partial charge in [0.05, 0.1) is 11.7 Å². The van der Waals surface area contributed by atoms with Crippen LogP contribution in [0.3, 0.4) is 0 Å². The predicted octanol–water partition coefficient (Wildman–Crippen LogP) is 1.58. The van der Waals surface area contributed by atoms with E-state index >= 15 is 0 Å². The van der Waals surface area contributed by atoms with Crippen LogP contribution in [0.1, 0.15) is 39.0 Å². The molecule has 2 aliphatic heterocycles. The minimum Gasteiger partial charge on any atom is -0.325 e. The number of rotatable bonds is 2. The highest BCUT2D eigenvalue weighted by Gasteiger charge is 2.58. The molecule has 3 nitrogen and oxygen atoms in total. The Balaban J connectivity index is 1.63. The topological polar surface area (TPSA) is 32.3 Å². The minimum absolute atomic E-state index is 0.126. The minimum atomic E-state index is -0.126. The molecule has 4 heteroatoms. The second kappa shape index (κ2) is 3.91. The van der Waals surface area contributed by atoms with E-state index < -0.39 is 0 Å². The van der Waals surface area contributed by atoms with Gasteiger partial charge in [0, 0.05) is 11.8 Å². The molecule has 2 atom stereocenters. The van der Waals surface area contributed by atoms with Gasteiger partial charge in [-0.15, -0.1) is 0 Å². The highest BCUT2D eigenvalue weighted by molar-refractivity contribution is 7.99. The number of carbonyl (C=O) groups is 1. The maximum atomic E-state index is 12.2. The summed E-state index contributed by atoms with van der Waals surface area (Å²) < 4.78 is 0. The van der Waals surface area contributed by atoms with E-state index in [0.717, 1.165) is 19.4 Å². The van der Waals surface area contributed by atoms with Crippen molar-refractivity contribution in [3.8, 4) is 0 Å². The summed E-state index contributed by atoms with van der Waals surface area (Å²) in [4.78, 5) is 14.3. The summed E-state index contributed by atoms with van der Waals surface area (Å²) in [6, 6.07) is 0. The molecule has 2 heterocycles. The molecule has 0 aromatic carbocycles. The van der Waals surface area contributed by atoms with E-state index in [2.05, 4.69) is 28.9 Å². The molecule has 16 heavy (non-hydrogen) atoms. The van der Waals surface area contributed by atoms with E-state index in [1.165, 1.54) is 25.0 Å². The van der Waals surface area contributed by atoms with Crippen molar-refractivity contribution in [3.63, 3.8) is 0 Å². The van der Waals surface area contributed by atoms with Crippen LogP contribution in [0.15, 0.2) is 0 Å². The molecule has 1 amide bonds. The fourth-order valence-electron chi connectivity index (χ4n) is 2.89. The first-order valence-corrected chi connectivity index (χ1v) is 7.46. The lowest BCUT2D eigenvalue weighted by atomic mass is 10.1. The number of hydrogen-bond acceptors (Lipinski definition) is 3. The second-order valence-corrected chi connectivity index (χ2v) is 6.76. The molecule has 2 unspecified atom stereocenters. The molecule has 3 fully saturated rings. The Morgan fingerprint density at radius 1 is 1.50 bits per heavy atom. The third-order valence-electron chi connectivity index (χ3n) is 4.05. The molecule has 1 spiro atoms. The molecule has 1 N–H and O–H groups in total. The van der Waals surface area contributed by atoms with Gasteiger partial charge in [-0.3, -0.25) is 10.1 Å². The zero-order valence-corrected chi connectivity index (χ0v) is 10.7. The van der Waals surface area contributed by atoms with Gasteiger partial charge in [-0.2, -0.15) is 11.8 Å². The van der Waals surface area contributed by atoms with Crippen LogP contribution in [-0.2, 0) is 4.79 Å². The van der Waals surface area contributed by atoms with Gasteiger partial charge in [-0.25, -0.2) is 0 Å². The van der Waals surface area contributed by atoms with Crippen molar-refractivity contribution < 1.29 is 4.79 Å². The average Bonchev–Trinajstić information content (AvgIpc) is 3.03. The monoisotopic (exact) mass is 240 g/mol. The number of amides is 1. The Kier molecular flexibility index (Phi) is 2.67. The fraction of sp³-hybridized carbons (Fsp3) is 0.917. The molecule has 90 valence electrons. The first-order valence-electron chi connectivity index (χ1n) is 6.42. The van der Waals surface area contributed by atoms with Crippen molar-refractivity contribution in [3.05, 3.63) is 0 Å². The summed E-state index contributed by atoms with van der Waals surface area (Å²) in [7, 11) is 0. The quantitative estimate of drug-likeness (QED) is 0.795. The molecule has 2 saturated heterocycles. The molecule has 1 aliphatic carbocycles. The van der Waals surface area contributed by atoms with Crippen molar-refractivity contribution in [1.82, 2.24) is 10.2 Å². The van der Waals surface area contributed by atoms with Gasteiger partial charge in [0.25, 0.3) is 0 Å². The van der Waals surface area contributed by atoms with Gasteiger partial charge in [-0.1, -0.05) is 6.42 Å². The lowest BCUT2D eigenvalue weighted by Gasteiger charge is -2.28. The molecule has 3 aliphatic rings. The lowest BCUT2D eigenvalue weighted by molar-refractivity contribution is -0.130. The molecular weight excluding hydrogens is 220 g/mol. The average molecular weight is 240 g/mol. The molecule has 1 saturated carbocycles. The summed E-state index contributed by atoms with van der Waals surface area (Å²) in [5.74, 6) is 1.64. The normalized spacial score (nSPS) is 37.1. The van der Waals surface area contributed by atoms with Crippen LogP contribution in [-0.4, -0.2) is 40.1 Å². The van der Waals surface area contributed by atoms with Crippen molar-refractivity contribution in [2.45, 2.75) is 56.0 Å². The summed E-state index contributed by atoms with van der Waals surface area (Å²) in [6.45, 7) is 3.08. The molecule has 0 aromatic rings. The van der Waals surface area contributed by atoms with Crippen molar-refractivity contribution in [1.29, 1.82) is 0 Å². The SMILES string of the molecule is CC1NC2(CC2)C(=O)N1CC1CCCCS1. The van der Waals surface area contributed by atoms with E-state index in [-0.39, 0.29) is 11.7 Å². The maximum Gasteiger partial charge on any atom is 0.244 e. The first-order chi connectivity index (χ1) is 7.71. The van der Waals surface area contributed by atoms with E-state index in [1.807, 2.05) is 0 Å². The van der Waals surface area contributed by atoms with Gasteiger partial charge in [0.1, 0.15) is 0 Å². The summed E-state index contributed by atoms with van der Waals surface area (Å²) >= 11 is 2.05. The third kappa shape index (κ3) is 1.76. The molecule has 0 bridgehead atoms. The standard InChI is InChI=1S/C12H20N2OS/c1-9-13-12(5-6-12)11(15)14(9)8-10-4-2-3-7-16-10/h9-10,13H,2-8H2,1H3. The summed E-state index contributed by atoms with van der Waals surface area (Å²) in [5.41, 5.74) is -0.126. The number of nitrogens with zero attached hydrogens (tertiary/aromatic N) is 1. The van der Waals surface area contributed by atoms with Gasteiger partial charge >= 0.3 is 0 Å². The highest BCUT2D eigenvalue weighted by Crippen LogP contribution is 2.42. The van der Waals surface area contributed by atoms with E-state index in [4.69, 9.17) is 0 Å². The van der Waals surface area contributed by atoms with E-state index in [1.54, 1.807) is 0 Å². The first kappa shape index (κ1) is 10.9. The van der Waals surface area contributed by atoms with E-state index in [0.29, 0.717) is 11.2 Å². The van der Waals surface area contributed by atoms with Crippen LogP contribution in [0.2, 0.25) is 0 Å². The Hall–Kier alpha value is -0.220. The van der Waals surface area contributed by atoms with Crippen LogP contribution in [0.25, 0.3) is 0 Å². The zero-order valence-electron chi connectivity index (χ0n) is 9.87. The van der Waals surface area contributed by atoms with E-state index in [9.17, 15) is 4.79 Å². The molecule has 0 radical (unpaired) electrons. The highest BCUT2D eigenvalue weighted by atomic mass is 32.2. The van der Waals surface area contributed by atoms with Crippen LogP contribution in [0, 0.1) is 0 Å². The maximum absolute atomic E-state index is 12.2. The van der Waals surface area contributed by atoms with Crippen LogP contribution < -0.4 is 5.32 Å². The third-order valence-corrected chi connectivity index (χ3v) is 5.43. The second-order valence-electron chi connectivity index (χ2n) is 5.35. The molecule has 0 aromatic heterocycles. The Bertz CT molecular complexity index is 297. The van der Waals surface area contributed by atoms with Crippen LogP contribution in [0.5, 0.6) is 0 Å². The predicted molar refractivity (Wildman–Crippen MR) is 66.4 cm³/mol. The summed E-state index contributed by atoms with van der Waals surface area (Å²) in [5, 5.41) is 4.14. The lowest BCUT2D eigenvalue weighted by Crippen LogP contribution is -2.40.